The van der Waals surface area contributed by atoms with E-state index < -0.39 is 0 Å². The summed E-state index contributed by atoms with van der Waals surface area (Å²) in [5, 5.41) is 8.22. The second kappa shape index (κ2) is 6.21. The average molecular weight is 300 g/mol. The van der Waals surface area contributed by atoms with E-state index in [2.05, 4.69) is 16.0 Å². The normalized spacial score (nSPS) is 13.8. The summed E-state index contributed by atoms with van der Waals surface area (Å²) in [5.74, 6) is 0. The molecule has 3 N–H and O–H groups in total. The number of carbonyl (C=O) groups is 2. The van der Waals surface area contributed by atoms with E-state index in [4.69, 9.17) is 4.42 Å². The Balaban J connectivity index is 1.60. The monoisotopic (exact) mass is 300 g/mol. The third-order valence-electron chi connectivity index (χ3n) is 3.31. The molecule has 0 radical (unpaired) electrons. The van der Waals surface area contributed by atoms with Crippen LogP contribution in [0.2, 0.25) is 0 Å². The number of nitrogens with one attached hydrogen (secondary N) is 3. The number of urea groups is 2. The molecule has 7 heteroatoms. The van der Waals surface area contributed by atoms with Gasteiger partial charge < -0.3 is 20.4 Å². The Bertz CT molecular complexity index is 669. The number of anilines is 2. The maximum Gasteiger partial charge on any atom is 0.321 e. The van der Waals surface area contributed by atoms with Crippen LogP contribution in [0.1, 0.15) is 5.56 Å². The van der Waals surface area contributed by atoms with E-state index in [1.165, 1.54) is 0 Å². The lowest BCUT2D eigenvalue weighted by molar-refractivity contribution is 0.251. The van der Waals surface area contributed by atoms with Gasteiger partial charge in [0.1, 0.15) is 0 Å². The van der Waals surface area contributed by atoms with Gasteiger partial charge in [-0.3, -0.25) is 4.90 Å². The number of hydrogen-bond acceptors (Lipinski definition) is 3. The summed E-state index contributed by atoms with van der Waals surface area (Å²) in [4.78, 5) is 25.1. The maximum atomic E-state index is 11.9. The first kappa shape index (κ1) is 14.0. The second-order valence-electron chi connectivity index (χ2n) is 4.87. The summed E-state index contributed by atoms with van der Waals surface area (Å²) in [6.45, 7) is 1.63. The van der Waals surface area contributed by atoms with E-state index in [1.54, 1.807) is 41.7 Å². The van der Waals surface area contributed by atoms with Crippen molar-refractivity contribution in [3.63, 3.8) is 0 Å². The molecule has 0 saturated carbocycles. The molecule has 1 fully saturated rings. The third-order valence-corrected chi connectivity index (χ3v) is 3.31. The van der Waals surface area contributed by atoms with Crippen molar-refractivity contribution < 1.29 is 14.0 Å². The molecule has 1 aromatic carbocycles. The van der Waals surface area contributed by atoms with Crippen LogP contribution in [0.15, 0.2) is 47.3 Å². The minimum absolute atomic E-state index is 0.124. The summed E-state index contributed by atoms with van der Waals surface area (Å²) >= 11 is 0. The molecular weight excluding hydrogens is 284 g/mol. The first-order chi connectivity index (χ1) is 10.7. The first-order valence-electron chi connectivity index (χ1n) is 6.94. The van der Waals surface area contributed by atoms with Crippen molar-refractivity contribution in [3.8, 4) is 0 Å². The first-order valence-corrected chi connectivity index (χ1v) is 6.94. The van der Waals surface area contributed by atoms with Gasteiger partial charge in [-0.05, 0) is 24.3 Å². The zero-order valence-corrected chi connectivity index (χ0v) is 11.8. The standard InChI is InChI=1S/C15H16N4O3/c20-14(17-9-11-4-7-22-10-11)18-12-2-1-3-13(8-12)19-6-5-16-15(19)21/h1-4,7-8,10H,5-6,9H2,(H,16,21)(H2,17,18,20). The van der Waals surface area contributed by atoms with Gasteiger partial charge >= 0.3 is 12.1 Å². The Morgan fingerprint density at radius 3 is 3.00 bits per heavy atom. The van der Waals surface area contributed by atoms with Crippen LogP contribution in [-0.2, 0) is 6.54 Å². The van der Waals surface area contributed by atoms with Gasteiger partial charge in [0.15, 0.2) is 0 Å². The highest BCUT2D eigenvalue weighted by Gasteiger charge is 2.21. The summed E-state index contributed by atoms with van der Waals surface area (Å²) < 4.78 is 4.93. The highest BCUT2D eigenvalue weighted by molar-refractivity contribution is 5.95. The van der Waals surface area contributed by atoms with Crippen LogP contribution in [-0.4, -0.2) is 25.2 Å². The van der Waals surface area contributed by atoms with Gasteiger partial charge in [0.25, 0.3) is 0 Å². The predicted octanol–water partition coefficient (Wildman–Crippen LogP) is 2.13. The van der Waals surface area contributed by atoms with Gasteiger partial charge in [-0.15, -0.1) is 0 Å². The van der Waals surface area contributed by atoms with Crippen molar-refractivity contribution in [3.05, 3.63) is 48.4 Å². The smallest absolute Gasteiger partial charge is 0.321 e. The SMILES string of the molecule is O=C(NCc1ccoc1)Nc1cccc(N2CCNC2=O)c1. The maximum absolute atomic E-state index is 11.9. The van der Waals surface area contributed by atoms with Crippen molar-refractivity contribution in [2.45, 2.75) is 6.54 Å². The Kier molecular flexibility index (Phi) is 3.95. The van der Waals surface area contributed by atoms with Crippen molar-refractivity contribution in [2.75, 3.05) is 23.3 Å². The molecule has 1 aromatic heterocycles. The highest BCUT2D eigenvalue weighted by atomic mass is 16.3. The number of furan rings is 1. The molecule has 3 rings (SSSR count). The zero-order chi connectivity index (χ0) is 15.4. The van der Waals surface area contributed by atoms with Crippen molar-refractivity contribution in [1.29, 1.82) is 0 Å². The molecule has 0 atom stereocenters. The molecule has 2 heterocycles. The van der Waals surface area contributed by atoms with Gasteiger partial charge in [-0.1, -0.05) is 6.07 Å². The molecule has 0 aliphatic carbocycles. The van der Waals surface area contributed by atoms with Gasteiger partial charge in [-0.25, -0.2) is 9.59 Å². The number of hydrogen-bond donors (Lipinski definition) is 3. The highest BCUT2D eigenvalue weighted by Crippen LogP contribution is 2.20. The predicted molar refractivity (Wildman–Crippen MR) is 81.8 cm³/mol. The molecule has 7 nitrogen and oxygen atoms in total. The van der Waals surface area contributed by atoms with E-state index in [9.17, 15) is 9.59 Å². The Hall–Kier alpha value is -2.96. The number of benzene rings is 1. The fraction of sp³-hybridized carbons (Fsp3) is 0.200. The topological polar surface area (TPSA) is 86.6 Å². The average Bonchev–Trinajstić information content (AvgIpc) is 3.16. The molecule has 4 amide bonds. The number of carbonyl (C=O) groups excluding carboxylic acids is 2. The zero-order valence-electron chi connectivity index (χ0n) is 11.8. The number of rotatable bonds is 4. The summed E-state index contributed by atoms with van der Waals surface area (Å²) in [7, 11) is 0. The summed E-state index contributed by atoms with van der Waals surface area (Å²) in [6, 6.07) is 8.52. The van der Waals surface area contributed by atoms with Crippen LogP contribution in [0, 0.1) is 0 Å². The molecule has 114 valence electrons. The van der Waals surface area contributed by atoms with Crippen LogP contribution < -0.4 is 20.9 Å². The quantitative estimate of drug-likeness (QED) is 0.808. The van der Waals surface area contributed by atoms with Crippen LogP contribution >= 0.6 is 0 Å². The summed E-state index contributed by atoms with van der Waals surface area (Å²) in [6.07, 6.45) is 3.13. The minimum atomic E-state index is -0.316. The molecule has 22 heavy (non-hydrogen) atoms. The lowest BCUT2D eigenvalue weighted by atomic mass is 10.2. The minimum Gasteiger partial charge on any atom is -0.472 e. The van der Waals surface area contributed by atoms with E-state index in [-0.39, 0.29) is 12.1 Å². The van der Waals surface area contributed by atoms with E-state index in [0.29, 0.717) is 25.3 Å². The molecular formula is C15H16N4O3. The Morgan fingerprint density at radius 2 is 2.27 bits per heavy atom. The Labute approximate surface area is 127 Å². The second-order valence-corrected chi connectivity index (χ2v) is 4.87. The van der Waals surface area contributed by atoms with Gasteiger partial charge in [-0.2, -0.15) is 0 Å². The molecule has 1 aliphatic rings. The largest absolute Gasteiger partial charge is 0.472 e. The van der Waals surface area contributed by atoms with Crippen molar-refractivity contribution in [1.82, 2.24) is 10.6 Å². The van der Waals surface area contributed by atoms with Crippen LogP contribution in [0.3, 0.4) is 0 Å². The van der Waals surface area contributed by atoms with Crippen LogP contribution in [0.4, 0.5) is 21.0 Å². The van der Waals surface area contributed by atoms with E-state index in [1.807, 2.05) is 6.07 Å². The molecule has 2 aromatic rings. The third kappa shape index (κ3) is 3.20. The lowest BCUT2D eigenvalue weighted by Gasteiger charge is -2.15. The molecule has 1 saturated heterocycles. The molecule has 0 unspecified atom stereocenters. The summed E-state index contributed by atoms with van der Waals surface area (Å²) in [5.41, 5.74) is 2.27. The Morgan fingerprint density at radius 1 is 1.36 bits per heavy atom. The molecule has 0 spiro atoms. The van der Waals surface area contributed by atoms with E-state index >= 15 is 0 Å². The number of amides is 4. The van der Waals surface area contributed by atoms with Gasteiger partial charge in [0.05, 0.1) is 12.5 Å². The molecule has 1 aliphatic heterocycles. The lowest BCUT2D eigenvalue weighted by Crippen LogP contribution is -2.29. The van der Waals surface area contributed by atoms with Crippen molar-refractivity contribution in [2.24, 2.45) is 0 Å². The van der Waals surface area contributed by atoms with Crippen LogP contribution in [0.25, 0.3) is 0 Å². The molecule has 0 bridgehead atoms. The van der Waals surface area contributed by atoms with Gasteiger partial charge in [0, 0.05) is 36.6 Å². The van der Waals surface area contributed by atoms with Gasteiger partial charge in [0.2, 0.25) is 0 Å². The fourth-order valence-corrected chi connectivity index (χ4v) is 2.22. The number of nitrogens with zero attached hydrogens (tertiary/aromatic N) is 1. The van der Waals surface area contributed by atoms with E-state index in [0.717, 1.165) is 11.3 Å². The van der Waals surface area contributed by atoms with Crippen molar-refractivity contribution >= 4 is 23.4 Å². The fourth-order valence-electron chi connectivity index (χ4n) is 2.22. The van der Waals surface area contributed by atoms with Crippen LogP contribution in [0.5, 0.6) is 0 Å².